The summed E-state index contributed by atoms with van der Waals surface area (Å²) in [5, 5.41) is 0. The third kappa shape index (κ3) is 4.53. The molecule has 2 aromatic carbocycles. The highest BCUT2D eigenvalue weighted by Gasteiger charge is 2.18. The number of fused-ring (bicyclic) bond motifs is 1. The van der Waals surface area contributed by atoms with Gasteiger partial charge in [0.25, 0.3) is 0 Å². The maximum atomic E-state index is 12.4. The zero-order valence-corrected chi connectivity index (χ0v) is 16.8. The third-order valence-corrected chi connectivity index (χ3v) is 5.20. The van der Waals surface area contributed by atoms with E-state index in [2.05, 4.69) is 21.9 Å². The molecule has 1 aromatic heterocycles. The van der Waals surface area contributed by atoms with Crippen molar-refractivity contribution >= 4 is 5.69 Å². The highest BCUT2D eigenvalue weighted by atomic mass is 16.5. The van der Waals surface area contributed by atoms with Crippen LogP contribution in [0.2, 0.25) is 0 Å². The van der Waals surface area contributed by atoms with E-state index in [4.69, 9.17) is 20.5 Å². The van der Waals surface area contributed by atoms with Gasteiger partial charge in [0.05, 0.1) is 20.2 Å². The van der Waals surface area contributed by atoms with E-state index in [1.54, 1.807) is 19.2 Å². The van der Waals surface area contributed by atoms with Gasteiger partial charge >= 0.3 is 0 Å². The number of ether oxygens (including phenoxy) is 2. The second-order valence-electron chi connectivity index (χ2n) is 7.24. The Morgan fingerprint density at radius 2 is 1.97 bits per heavy atom. The fraction of sp³-hybridized carbons (Fsp3) is 0.250. The van der Waals surface area contributed by atoms with E-state index >= 15 is 0 Å². The van der Waals surface area contributed by atoms with Gasteiger partial charge in [-0.05, 0) is 35.2 Å². The van der Waals surface area contributed by atoms with Gasteiger partial charge in [-0.2, -0.15) is 0 Å². The van der Waals surface area contributed by atoms with Crippen LogP contribution in [-0.4, -0.2) is 18.6 Å². The molecular weight excluding hydrogens is 380 g/mol. The molecular formula is C24H22N2O4. The SMILES string of the molecule is [C-]#[N+]c1ccc(COc2coc(CN3CCc4cc(OC)ccc4C3)cc2=O)cc1. The fourth-order valence-electron chi connectivity index (χ4n) is 3.52. The number of hydrogen-bond acceptors (Lipinski definition) is 5. The molecule has 4 rings (SSSR count). The van der Waals surface area contributed by atoms with Crippen molar-refractivity contribution in [2.75, 3.05) is 13.7 Å². The summed E-state index contributed by atoms with van der Waals surface area (Å²) in [5.74, 6) is 1.68. The van der Waals surface area contributed by atoms with E-state index < -0.39 is 0 Å². The first-order valence-electron chi connectivity index (χ1n) is 9.73. The zero-order chi connectivity index (χ0) is 20.9. The Morgan fingerprint density at radius 1 is 1.13 bits per heavy atom. The van der Waals surface area contributed by atoms with E-state index in [-0.39, 0.29) is 17.8 Å². The molecule has 0 aliphatic carbocycles. The quantitative estimate of drug-likeness (QED) is 0.574. The Morgan fingerprint density at radius 3 is 2.70 bits per heavy atom. The summed E-state index contributed by atoms with van der Waals surface area (Å²) in [5.41, 5.74) is 3.83. The van der Waals surface area contributed by atoms with Crippen molar-refractivity contribution in [2.24, 2.45) is 0 Å². The first-order chi connectivity index (χ1) is 14.6. The second kappa shape index (κ2) is 8.85. The Labute approximate surface area is 175 Å². The topological polar surface area (TPSA) is 56.3 Å². The van der Waals surface area contributed by atoms with Crippen molar-refractivity contribution in [3.63, 3.8) is 0 Å². The van der Waals surface area contributed by atoms with Crippen molar-refractivity contribution in [1.29, 1.82) is 0 Å². The predicted molar refractivity (Wildman–Crippen MR) is 113 cm³/mol. The molecule has 0 saturated heterocycles. The minimum Gasteiger partial charge on any atom is -0.497 e. The van der Waals surface area contributed by atoms with E-state index in [0.29, 0.717) is 18.0 Å². The van der Waals surface area contributed by atoms with Gasteiger partial charge in [-0.1, -0.05) is 30.3 Å². The molecule has 0 unspecified atom stereocenters. The van der Waals surface area contributed by atoms with Gasteiger partial charge in [0.1, 0.15) is 24.4 Å². The summed E-state index contributed by atoms with van der Waals surface area (Å²) in [6.07, 6.45) is 2.32. The summed E-state index contributed by atoms with van der Waals surface area (Å²) >= 11 is 0. The summed E-state index contributed by atoms with van der Waals surface area (Å²) in [4.78, 5) is 18.0. The minimum atomic E-state index is -0.198. The highest BCUT2D eigenvalue weighted by Crippen LogP contribution is 2.24. The fourth-order valence-corrected chi connectivity index (χ4v) is 3.52. The average Bonchev–Trinajstić information content (AvgIpc) is 2.78. The smallest absolute Gasteiger partial charge is 0.227 e. The molecule has 0 atom stereocenters. The van der Waals surface area contributed by atoms with E-state index in [1.807, 2.05) is 18.2 Å². The van der Waals surface area contributed by atoms with Crippen molar-refractivity contribution in [1.82, 2.24) is 4.90 Å². The van der Waals surface area contributed by atoms with Crippen molar-refractivity contribution < 1.29 is 13.9 Å². The van der Waals surface area contributed by atoms with Crippen LogP contribution in [0.25, 0.3) is 4.85 Å². The van der Waals surface area contributed by atoms with E-state index in [1.165, 1.54) is 23.5 Å². The molecule has 2 heterocycles. The van der Waals surface area contributed by atoms with Crippen LogP contribution in [0.4, 0.5) is 5.69 Å². The lowest BCUT2D eigenvalue weighted by Crippen LogP contribution is -2.30. The minimum absolute atomic E-state index is 0.184. The van der Waals surface area contributed by atoms with E-state index in [0.717, 1.165) is 30.8 Å². The van der Waals surface area contributed by atoms with Gasteiger partial charge in [0.15, 0.2) is 5.69 Å². The summed E-state index contributed by atoms with van der Waals surface area (Å²) < 4.78 is 16.6. The second-order valence-corrected chi connectivity index (χ2v) is 7.24. The molecule has 30 heavy (non-hydrogen) atoms. The van der Waals surface area contributed by atoms with Crippen LogP contribution in [-0.2, 0) is 26.1 Å². The Hall–Kier alpha value is -3.56. The van der Waals surface area contributed by atoms with Crippen LogP contribution in [0.1, 0.15) is 22.5 Å². The number of methoxy groups -OCH3 is 1. The zero-order valence-electron chi connectivity index (χ0n) is 16.8. The lowest BCUT2D eigenvalue weighted by Gasteiger charge is -2.28. The lowest BCUT2D eigenvalue weighted by atomic mass is 9.99. The molecule has 0 bridgehead atoms. The highest BCUT2D eigenvalue weighted by molar-refractivity contribution is 5.45. The van der Waals surface area contributed by atoms with Gasteiger partial charge < -0.3 is 13.9 Å². The molecule has 3 aromatic rings. The van der Waals surface area contributed by atoms with Crippen molar-refractivity contribution in [2.45, 2.75) is 26.1 Å². The lowest BCUT2D eigenvalue weighted by molar-refractivity contribution is 0.219. The molecule has 0 radical (unpaired) electrons. The van der Waals surface area contributed by atoms with Crippen LogP contribution in [0.15, 0.2) is 64.0 Å². The van der Waals surface area contributed by atoms with Gasteiger partial charge in [-0.25, -0.2) is 4.85 Å². The summed E-state index contributed by atoms with van der Waals surface area (Å²) in [6, 6.07) is 14.7. The molecule has 1 aliphatic rings. The molecule has 0 fully saturated rings. The predicted octanol–water partition coefficient (Wildman–Crippen LogP) is 4.34. The van der Waals surface area contributed by atoms with E-state index in [9.17, 15) is 4.79 Å². The standard InChI is InChI=1S/C24H22N2O4/c1-25-20-6-3-17(4-7-20)15-30-24-16-29-22(12-23(24)27)14-26-10-9-18-11-21(28-2)8-5-19(18)13-26/h3-8,11-12,16H,9-10,13-15H2,2H3. The maximum absolute atomic E-state index is 12.4. The normalized spacial score (nSPS) is 13.3. The van der Waals surface area contributed by atoms with Crippen LogP contribution in [0.3, 0.4) is 0 Å². The van der Waals surface area contributed by atoms with Crippen molar-refractivity contribution in [3.8, 4) is 11.5 Å². The number of hydrogen-bond donors (Lipinski definition) is 0. The van der Waals surface area contributed by atoms with Crippen LogP contribution in [0.5, 0.6) is 11.5 Å². The van der Waals surface area contributed by atoms with Crippen molar-refractivity contribution in [3.05, 3.63) is 98.9 Å². The Balaban J connectivity index is 1.37. The number of nitrogens with zero attached hydrogens (tertiary/aromatic N) is 2. The van der Waals surface area contributed by atoms with Gasteiger partial charge in [-0.3, -0.25) is 9.69 Å². The first-order valence-corrected chi connectivity index (χ1v) is 9.73. The molecule has 0 amide bonds. The molecule has 6 nitrogen and oxygen atoms in total. The molecule has 1 aliphatic heterocycles. The number of benzene rings is 2. The largest absolute Gasteiger partial charge is 0.497 e. The molecule has 0 N–H and O–H groups in total. The van der Waals surface area contributed by atoms with Crippen LogP contribution >= 0.6 is 0 Å². The Kier molecular flexibility index (Phi) is 5.82. The molecule has 0 saturated carbocycles. The maximum Gasteiger partial charge on any atom is 0.227 e. The van der Waals surface area contributed by atoms with Gasteiger partial charge in [-0.15, -0.1) is 0 Å². The average molecular weight is 402 g/mol. The number of rotatable bonds is 6. The monoisotopic (exact) mass is 402 g/mol. The first kappa shape index (κ1) is 19.7. The summed E-state index contributed by atoms with van der Waals surface area (Å²) in [7, 11) is 1.68. The third-order valence-electron chi connectivity index (χ3n) is 5.20. The van der Waals surface area contributed by atoms with Crippen LogP contribution < -0.4 is 14.9 Å². The molecule has 0 spiro atoms. The molecule has 6 heteroatoms. The summed E-state index contributed by atoms with van der Waals surface area (Å²) in [6.45, 7) is 9.49. The van der Waals surface area contributed by atoms with Gasteiger partial charge in [0.2, 0.25) is 11.2 Å². The molecule has 152 valence electrons. The van der Waals surface area contributed by atoms with Crippen LogP contribution in [0, 0.1) is 6.57 Å². The van der Waals surface area contributed by atoms with Gasteiger partial charge in [0, 0.05) is 19.2 Å². The Bertz CT molecular complexity index is 1130.